The molecule has 1 saturated carbocycles. The number of benzene rings is 1. The fraction of sp³-hybridized carbons (Fsp3) is 0.556. The van der Waals surface area contributed by atoms with E-state index in [0.717, 1.165) is 26.1 Å². The predicted molar refractivity (Wildman–Crippen MR) is 96.1 cm³/mol. The number of carbonyl (C=O) groups excluding carboxylic acids is 2. The largest absolute Gasteiger partial charge is 0.356 e. The molecule has 2 amide bonds. The van der Waals surface area contributed by atoms with E-state index in [-0.39, 0.29) is 36.7 Å². The van der Waals surface area contributed by atoms with Gasteiger partial charge in [-0.2, -0.15) is 0 Å². The van der Waals surface area contributed by atoms with Gasteiger partial charge in [0.05, 0.1) is 12.5 Å². The Hall–Kier alpha value is -1.59. The fourth-order valence-corrected chi connectivity index (χ4v) is 2.99. The van der Waals surface area contributed by atoms with Gasteiger partial charge in [-0.15, -0.1) is 12.4 Å². The van der Waals surface area contributed by atoms with Crippen LogP contribution in [0.3, 0.4) is 0 Å². The standard InChI is InChI=1S/C18H25N3O2.ClH/c22-17(20-9-8-14-4-2-1-3-5-14)12-16-18(23)21(11-10-19-16)13-15-6-7-15;/h1-5,15-16,19H,6-13H2,(H,20,22);1H. The van der Waals surface area contributed by atoms with E-state index in [4.69, 9.17) is 0 Å². The molecule has 2 fully saturated rings. The van der Waals surface area contributed by atoms with Gasteiger partial charge in [0.25, 0.3) is 0 Å². The molecule has 0 aromatic heterocycles. The first-order chi connectivity index (χ1) is 11.2. The number of carbonyl (C=O) groups is 2. The maximum atomic E-state index is 12.4. The van der Waals surface area contributed by atoms with Gasteiger partial charge in [-0.05, 0) is 30.7 Å². The van der Waals surface area contributed by atoms with Gasteiger partial charge in [-0.3, -0.25) is 9.59 Å². The third-order valence-electron chi connectivity index (χ3n) is 4.53. The average molecular weight is 352 g/mol. The molecular weight excluding hydrogens is 326 g/mol. The van der Waals surface area contributed by atoms with Crippen molar-refractivity contribution >= 4 is 24.2 Å². The first-order valence-electron chi connectivity index (χ1n) is 8.55. The average Bonchev–Trinajstić information content (AvgIpc) is 3.36. The second-order valence-corrected chi connectivity index (χ2v) is 6.52. The molecule has 132 valence electrons. The smallest absolute Gasteiger partial charge is 0.240 e. The number of nitrogens with zero attached hydrogens (tertiary/aromatic N) is 1. The van der Waals surface area contributed by atoms with Crippen molar-refractivity contribution in [3.05, 3.63) is 35.9 Å². The Morgan fingerprint density at radius 3 is 2.71 bits per heavy atom. The molecule has 2 aliphatic rings. The predicted octanol–water partition coefficient (Wildman–Crippen LogP) is 1.37. The Bertz CT molecular complexity index is 548. The highest BCUT2D eigenvalue weighted by Gasteiger charge is 2.33. The minimum atomic E-state index is -0.362. The van der Waals surface area contributed by atoms with Crippen LogP contribution in [0.5, 0.6) is 0 Å². The molecule has 1 aliphatic carbocycles. The van der Waals surface area contributed by atoms with Gasteiger partial charge >= 0.3 is 0 Å². The molecule has 24 heavy (non-hydrogen) atoms. The molecule has 5 nitrogen and oxygen atoms in total. The monoisotopic (exact) mass is 351 g/mol. The highest BCUT2D eigenvalue weighted by molar-refractivity contribution is 5.89. The summed E-state index contributed by atoms with van der Waals surface area (Å²) in [6.45, 7) is 3.02. The third kappa shape index (κ3) is 5.49. The van der Waals surface area contributed by atoms with Crippen molar-refractivity contribution in [1.82, 2.24) is 15.5 Å². The van der Waals surface area contributed by atoms with Crippen LogP contribution in [0.15, 0.2) is 30.3 Å². The summed E-state index contributed by atoms with van der Waals surface area (Å²) in [7, 11) is 0. The summed E-state index contributed by atoms with van der Waals surface area (Å²) in [6, 6.07) is 9.71. The number of hydrogen-bond donors (Lipinski definition) is 2. The van der Waals surface area contributed by atoms with E-state index in [0.29, 0.717) is 12.5 Å². The van der Waals surface area contributed by atoms with Crippen LogP contribution in [-0.2, 0) is 16.0 Å². The van der Waals surface area contributed by atoms with Crippen molar-refractivity contribution in [3.63, 3.8) is 0 Å². The molecule has 1 atom stereocenters. The second kappa shape index (κ2) is 9.04. The van der Waals surface area contributed by atoms with E-state index < -0.39 is 0 Å². The molecule has 1 saturated heterocycles. The Morgan fingerprint density at radius 1 is 1.25 bits per heavy atom. The van der Waals surface area contributed by atoms with Crippen LogP contribution in [0.2, 0.25) is 0 Å². The summed E-state index contributed by atoms with van der Waals surface area (Å²) in [5.74, 6) is 0.721. The van der Waals surface area contributed by atoms with E-state index in [2.05, 4.69) is 10.6 Å². The van der Waals surface area contributed by atoms with Crippen LogP contribution >= 0.6 is 12.4 Å². The lowest BCUT2D eigenvalue weighted by Gasteiger charge is -2.33. The number of halogens is 1. The van der Waals surface area contributed by atoms with Crippen LogP contribution < -0.4 is 10.6 Å². The van der Waals surface area contributed by atoms with Crippen molar-refractivity contribution in [2.24, 2.45) is 5.92 Å². The SMILES string of the molecule is Cl.O=C(CC1NCCN(CC2CC2)C1=O)NCCc1ccccc1. The zero-order valence-electron chi connectivity index (χ0n) is 13.9. The molecule has 2 N–H and O–H groups in total. The zero-order valence-corrected chi connectivity index (χ0v) is 14.7. The van der Waals surface area contributed by atoms with Gasteiger partial charge < -0.3 is 15.5 Å². The van der Waals surface area contributed by atoms with Gasteiger partial charge in [-0.25, -0.2) is 0 Å². The Labute approximate surface area is 149 Å². The van der Waals surface area contributed by atoms with Crippen molar-refractivity contribution in [2.75, 3.05) is 26.2 Å². The molecule has 1 aromatic carbocycles. The van der Waals surface area contributed by atoms with Gasteiger partial charge in [0, 0.05) is 26.2 Å². The first kappa shape index (κ1) is 18.7. The summed E-state index contributed by atoms with van der Waals surface area (Å²) in [5.41, 5.74) is 1.20. The fourth-order valence-electron chi connectivity index (χ4n) is 2.99. The minimum Gasteiger partial charge on any atom is -0.356 e. The van der Waals surface area contributed by atoms with Gasteiger partial charge in [0.2, 0.25) is 11.8 Å². The van der Waals surface area contributed by atoms with Crippen molar-refractivity contribution in [1.29, 1.82) is 0 Å². The van der Waals surface area contributed by atoms with Crippen LogP contribution in [0.25, 0.3) is 0 Å². The van der Waals surface area contributed by atoms with E-state index in [1.165, 1.54) is 18.4 Å². The van der Waals surface area contributed by atoms with Crippen molar-refractivity contribution in [3.8, 4) is 0 Å². The summed E-state index contributed by atoms with van der Waals surface area (Å²) < 4.78 is 0. The maximum Gasteiger partial charge on any atom is 0.240 e. The summed E-state index contributed by atoms with van der Waals surface area (Å²) in [4.78, 5) is 26.4. The number of amides is 2. The molecule has 6 heteroatoms. The molecule has 1 aliphatic heterocycles. The molecule has 0 radical (unpaired) electrons. The van der Waals surface area contributed by atoms with Gasteiger partial charge in [0.15, 0.2) is 0 Å². The highest BCUT2D eigenvalue weighted by atomic mass is 35.5. The van der Waals surface area contributed by atoms with Gasteiger partial charge in [0.1, 0.15) is 0 Å². The summed E-state index contributed by atoms with van der Waals surface area (Å²) in [6.07, 6.45) is 3.52. The lowest BCUT2D eigenvalue weighted by molar-refractivity contribution is -0.138. The summed E-state index contributed by atoms with van der Waals surface area (Å²) in [5, 5.41) is 6.10. The summed E-state index contributed by atoms with van der Waals surface area (Å²) >= 11 is 0. The van der Waals surface area contributed by atoms with Crippen LogP contribution in [0, 0.1) is 5.92 Å². The number of rotatable bonds is 7. The van der Waals surface area contributed by atoms with Gasteiger partial charge in [-0.1, -0.05) is 30.3 Å². The van der Waals surface area contributed by atoms with Crippen LogP contribution in [0.1, 0.15) is 24.8 Å². The number of hydrogen-bond acceptors (Lipinski definition) is 3. The first-order valence-corrected chi connectivity index (χ1v) is 8.55. The lowest BCUT2D eigenvalue weighted by Crippen LogP contribution is -2.56. The Morgan fingerprint density at radius 2 is 2.00 bits per heavy atom. The molecule has 0 spiro atoms. The second-order valence-electron chi connectivity index (χ2n) is 6.52. The normalized spacial score (nSPS) is 20.4. The Kier molecular flexibility index (Phi) is 7.06. The highest BCUT2D eigenvalue weighted by Crippen LogP contribution is 2.30. The molecule has 3 rings (SSSR count). The number of nitrogens with one attached hydrogen (secondary N) is 2. The van der Waals surface area contributed by atoms with Crippen LogP contribution in [0.4, 0.5) is 0 Å². The maximum absolute atomic E-state index is 12.4. The van der Waals surface area contributed by atoms with E-state index >= 15 is 0 Å². The van der Waals surface area contributed by atoms with Crippen molar-refractivity contribution < 1.29 is 9.59 Å². The molecule has 1 unspecified atom stereocenters. The molecule has 1 aromatic rings. The Balaban J connectivity index is 0.00000208. The molecule has 0 bridgehead atoms. The van der Waals surface area contributed by atoms with Crippen LogP contribution in [-0.4, -0.2) is 48.9 Å². The van der Waals surface area contributed by atoms with E-state index in [9.17, 15) is 9.59 Å². The van der Waals surface area contributed by atoms with Crippen molar-refractivity contribution in [2.45, 2.75) is 31.7 Å². The quantitative estimate of drug-likeness (QED) is 0.780. The molecule has 1 heterocycles. The minimum absolute atomic E-state index is 0. The lowest BCUT2D eigenvalue weighted by atomic mass is 10.1. The third-order valence-corrected chi connectivity index (χ3v) is 4.53. The number of piperazine rings is 1. The topological polar surface area (TPSA) is 61.4 Å². The van der Waals surface area contributed by atoms with E-state index in [1.807, 2.05) is 35.2 Å². The zero-order chi connectivity index (χ0) is 16.1. The van der Waals surface area contributed by atoms with E-state index in [1.54, 1.807) is 0 Å². The molecular formula is C18H26ClN3O2.